The molecule has 0 saturated carbocycles. The molecular formula is C26H25N5O3. The van der Waals surface area contributed by atoms with Crippen LogP contribution in [0, 0.1) is 6.92 Å². The number of carbonyl (C=O) groups is 3. The minimum absolute atomic E-state index is 0.211. The van der Waals surface area contributed by atoms with Gasteiger partial charge in [0.15, 0.2) is 0 Å². The molecule has 0 aliphatic carbocycles. The zero-order chi connectivity index (χ0) is 23.7. The third-order valence-electron chi connectivity index (χ3n) is 6.40. The Kier molecular flexibility index (Phi) is 5.79. The molecule has 2 aliphatic rings. The number of aromatic nitrogens is 2. The molecule has 0 radical (unpaired) electrons. The van der Waals surface area contributed by atoms with Gasteiger partial charge >= 0.3 is 0 Å². The topological polar surface area (TPSA) is 86.7 Å². The van der Waals surface area contributed by atoms with Gasteiger partial charge in [0.2, 0.25) is 5.91 Å². The number of hydrogen-bond acceptors (Lipinski definition) is 6. The molecular weight excluding hydrogens is 430 g/mol. The lowest BCUT2D eigenvalue weighted by molar-refractivity contribution is -0.135. The van der Waals surface area contributed by atoms with Crippen molar-refractivity contribution >= 4 is 23.5 Å². The lowest BCUT2D eigenvalue weighted by atomic mass is 10.0. The highest BCUT2D eigenvalue weighted by Gasteiger charge is 2.44. The summed E-state index contributed by atoms with van der Waals surface area (Å²) in [6.45, 7) is 4.11. The van der Waals surface area contributed by atoms with E-state index in [2.05, 4.69) is 14.9 Å². The van der Waals surface area contributed by atoms with E-state index in [0.29, 0.717) is 37.3 Å². The number of imide groups is 1. The molecule has 8 nitrogen and oxygen atoms in total. The summed E-state index contributed by atoms with van der Waals surface area (Å²) >= 11 is 0. The molecule has 8 heteroatoms. The fraction of sp³-hybridized carbons (Fsp3) is 0.269. The molecule has 3 heterocycles. The average molecular weight is 456 g/mol. The fourth-order valence-corrected chi connectivity index (χ4v) is 4.60. The summed E-state index contributed by atoms with van der Waals surface area (Å²) in [7, 11) is 0. The first-order chi connectivity index (χ1) is 16.5. The lowest BCUT2D eigenvalue weighted by Gasteiger charge is -2.38. The summed E-state index contributed by atoms with van der Waals surface area (Å²) in [6.07, 6.45) is 1.82. The van der Waals surface area contributed by atoms with Gasteiger partial charge in [0.1, 0.15) is 18.2 Å². The van der Waals surface area contributed by atoms with Gasteiger partial charge in [-0.05, 0) is 24.6 Å². The highest BCUT2D eigenvalue weighted by atomic mass is 16.2. The molecule has 172 valence electrons. The number of benzene rings is 2. The van der Waals surface area contributed by atoms with Gasteiger partial charge in [0.25, 0.3) is 11.8 Å². The normalized spacial score (nSPS) is 16.6. The Balaban J connectivity index is 1.38. The summed E-state index contributed by atoms with van der Waals surface area (Å²) in [4.78, 5) is 53.7. The number of aryl methyl sites for hydroxylation is 1. The highest BCUT2D eigenvalue weighted by molar-refractivity contribution is 6.22. The quantitative estimate of drug-likeness (QED) is 0.549. The first-order valence-electron chi connectivity index (χ1n) is 11.4. The summed E-state index contributed by atoms with van der Waals surface area (Å²) in [6, 6.07) is 17.3. The average Bonchev–Trinajstić information content (AvgIpc) is 3.13. The number of rotatable bonds is 5. The molecule has 2 aromatic carbocycles. The Morgan fingerprint density at radius 1 is 0.882 bits per heavy atom. The molecule has 1 unspecified atom stereocenters. The maximum atomic E-state index is 13.8. The van der Waals surface area contributed by atoms with Crippen molar-refractivity contribution in [3.05, 3.63) is 89.4 Å². The standard InChI is InChI=1S/C26H25N5O3/c1-18-15-23(28-17-27-18)29-11-13-30(14-12-29)26(34)22(16-19-7-3-2-4-8-19)31-24(32)20-9-5-6-10-21(20)25(31)33/h2-10,15,17,22H,11-14,16H2,1H3. The van der Waals surface area contributed by atoms with Gasteiger partial charge in [-0.1, -0.05) is 42.5 Å². The Bertz CT molecular complexity index is 1200. The van der Waals surface area contributed by atoms with Crippen LogP contribution in [0.15, 0.2) is 67.0 Å². The van der Waals surface area contributed by atoms with Crippen molar-refractivity contribution in [2.45, 2.75) is 19.4 Å². The van der Waals surface area contributed by atoms with Crippen LogP contribution >= 0.6 is 0 Å². The molecule has 34 heavy (non-hydrogen) atoms. The molecule has 1 aromatic heterocycles. The van der Waals surface area contributed by atoms with E-state index in [9.17, 15) is 14.4 Å². The first kappa shape index (κ1) is 21.8. The van der Waals surface area contributed by atoms with Crippen molar-refractivity contribution in [3.8, 4) is 0 Å². The van der Waals surface area contributed by atoms with Gasteiger partial charge in [-0.25, -0.2) is 9.97 Å². The Hall–Kier alpha value is -4.07. The van der Waals surface area contributed by atoms with Gasteiger partial charge in [0.05, 0.1) is 11.1 Å². The number of fused-ring (bicyclic) bond motifs is 1. The van der Waals surface area contributed by atoms with E-state index in [1.807, 2.05) is 43.3 Å². The highest BCUT2D eigenvalue weighted by Crippen LogP contribution is 2.27. The van der Waals surface area contributed by atoms with Crippen LogP contribution in [0.2, 0.25) is 0 Å². The molecule has 1 atom stereocenters. The predicted octanol–water partition coefficient (Wildman–Crippen LogP) is 2.34. The number of anilines is 1. The third-order valence-corrected chi connectivity index (χ3v) is 6.40. The van der Waals surface area contributed by atoms with Gasteiger partial charge in [-0.3, -0.25) is 19.3 Å². The van der Waals surface area contributed by atoms with Crippen molar-refractivity contribution in [3.63, 3.8) is 0 Å². The number of piperazine rings is 1. The van der Waals surface area contributed by atoms with Crippen molar-refractivity contribution in [2.24, 2.45) is 0 Å². The first-order valence-corrected chi connectivity index (χ1v) is 11.4. The van der Waals surface area contributed by atoms with Crippen LogP contribution in [0.5, 0.6) is 0 Å². The third kappa shape index (κ3) is 4.03. The summed E-state index contributed by atoms with van der Waals surface area (Å²) in [5, 5.41) is 0. The van der Waals surface area contributed by atoms with Crippen molar-refractivity contribution in [2.75, 3.05) is 31.1 Å². The van der Waals surface area contributed by atoms with Gasteiger partial charge < -0.3 is 9.80 Å². The number of hydrogen-bond donors (Lipinski definition) is 0. The van der Waals surface area contributed by atoms with Crippen LogP contribution in [0.25, 0.3) is 0 Å². The van der Waals surface area contributed by atoms with Crippen LogP contribution < -0.4 is 4.90 Å². The SMILES string of the molecule is Cc1cc(N2CCN(C(=O)C(Cc3ccccc3)N3C(=O)c4ccccc4C3=O)CC2)ncn1. The van der Waals surface area contributed by atoms with E-state index >= 15 is 0 Å². The molecule has 5 rings (SSSR count). The van der Waals surface area contributed by atoms with E-state index < -0.39 is 17.9 Å². The van der Waals surface area contributed by atoms with E-state index in [1.54, 1.807) is 35.5 Å². The molecule has 0 bridgehead atoms. The largest absolute Gasteiger partial charge is 0.353 e. The smallest absolute Gasteiger partial charge is 0.262 e. The molecule has 1 saturated heterocycles. The number of carbonyl (C=O) groups excluding carboxylic acids is 3. The van der Waals surface area contributed by atoms with Crippen LogP contribution in [0.3, 0.4) is 0 Å². The number of amides is 3. The molecule has 0 spiro atoms. The predicted molar refractivity (Wildman–Crippen MR) is 126 cm³/mol. The number of nitrogens with zero attached hydrogens (tertiary/aromatic N) is 5. The summed E-state index contributed by atoms with van der Waals surface area (Å²) in [5.74, 6) is -0.201. The minimum atomic E-state index is -0.900. The van der Waals surface area contributed by atoms with E-state index in [0.717, 1.165) is 22.0 Å². The van der Waals surface area contributed by atoms with Gasteiger partial charge in [-0.15, -0.1) is 0 Å². The summed E-state index contributed by atoms with van der Waals surface area (Å²) in [5.41, 5.74) is 2.48. The molecule has 0 N–H and O–H groups in total. The maximum Gasteiger partial charge on any atom is 0.262 e. The molecule has 3 amide bonds. The maximum absolute atomic E-state index is 13.8. The van der Waals surface area contributed by atoms with Gasteiger partial charge in [-0.2, -0.15) is 0 Å². The van der Waals surface area contributed by atoms with Crippen LogP contribution in [-0.4, -0.2) is 69.7 Å². The second kappa shape index (κ2) is 9.05. The van der Waals surface area contributed by atoms with Crippen molar-refractivity contribution < 1.29 is 14.4 Å². The zero-order valence-electron chi connectivity index (χ0n) is 18.9. The minimum Gasteiger partial charge on any atom is -0.353 e. The molecule has 3 aromatic rings. The lowest BCUT2D eigenvalue weighted by Crippen LogP contribution is -2.56. The fourth-order valence-electron chi connectivity index (χ4n) is 4.60. The molecule has 1 fully saturated rings. The second-order valence-electron chi connectivity index (χ2n) is 8.56. The van der Waals surface area contributed by atoms with E-state index in [4.69, 9.17) is 0 Å². The Labute approximate surface area is 197 Å². The van der Waals surface area contributed by atoms with Crippen LogP contribution in [0.4, 0.5) is 5.82 Å². The Morgan fingerprint density at radius 2 is 1.50 bits per heavy atom. The Morgan fingerprint density at radius 3 is 2.12 bits per heavy atom. The van der Waals surface area contributed by atoms with Gasteiger partial charge in [0, 0.05) is 44.4 Å². The van der Waals surface area contributed by atoms with Crippen molar-refractivity contribution in [1.82, 2.24) is 19.8 Å². The monoisotopic (exact) mass is 455 g/mol. The van der Waals surface area contributed by atoms with Crippen LogP contribution in [0.1, 0.15) is 32.0 Å². The van der Waals surface area contributed by atoms with E-state index in [1.165, 1.54) is 0 Å². The second-order valence-corrected chi connectivity index (χ2v) is 8.56. The molecule has 2 aliphatic heterocycles. The zero-order valence-corrected chi connectivity index (χ0v) is 18.9. The van der Waals surface area contributed by atoms with E-state index in [-0.39, 0.29) is 12.3 Å². The van der Waals surface area contributed by atoms with Crippen LogP contribution in [-0.2, 0) is 11.2 Å². The van der Waals surface area contributed by atoms with Crippen molar-refractivity contribution in [1.29, 1.82) is 0 Å². The summed E-state index contributed by atoms with van der Waals surface area (Å²) < 4.78 is 0.